The Kier molecular flexibility index (Phi) is 5.01. The smallest absolute Gasteiger partial charge is 0.123 e. The SMILES string of the molecule is CC#CCC(NCC)c1cc(F)ccc1C. The topological polar surface area (TPSA) is 12.0 Å². The van der Waals surface area contributed by atoms with Crippen LogP contribution in [0.4, 0.5) is 4.39 Å². The van der Waals surface area contributed by atoms with Gasteiger partial charge in [-0.25, -0.2) is 4.39 Å². The number of halogens is 1. The minimum Gasteiger partial charge on any atom is -0.309 e. The monoisotopic (exact) mass is 219 g/mol. The highest BCUT2D eigenvalue weighted by Crippen LogP contribution is 2.21. The molecule has 1 aromatic rings. The van der Waals surface area contributed by atoms with Crippen LogP contribution in [0.25, 0.3) is 0 Å². The summed E-state index contributed by atoms with van der Waals surface area (Å²) in [6.07, 6.45) is 0.717. The summed E-state index contributed by atoms with van der Waals surface area (Å²) in [7, 11) is 0. The normalized spacial score (nSPS) is 11.8. The van der Waals surface area contributed by atoms with E-state index in [0.717, 1.165) is 17.7 Å². The summed E-state index contributed by atoms with van der Waals surface area (Å²) < 4.78 is 13.2. The summed E-state index contributed by atoms with van der Waals surface area (Å²) in [6.45, 7) is 6.72. The molecule has 1 atom stereocenters. The minimum atomic E-state index is -0.187. The molecule has 1 N–H and O–H groups in total. The lowest BCUT2D eigenvalue weighted by Gasteiger charge is -2.18. The van der Waals surface area contributed by atoms with Gasteiger partial charge in [-0.15, -0.1) is 11.8 Å². The van der Waals surface area contributed by atoms with E-state index in [2.05, 4.69) is 17.2 Å². The summed E-state index contributed by atoms with van der Waals surface area (Å²) in [5.41, 5.74) is 2.11. The standard InChI is InChI=1S/C14H18FN/c1-4-6-7-14(16-5-2)13-10-12(15)9-8-11(13)3/h8-10,14,16H,5,7H2,1-3H3. The average Bonchev–Trinajstić information content (AvgIpc) is 2.28. The summed E-state index contributed by atoms with van der Waals surface area (Å²) in [5.74, 6) is 5.73. The van der Waals surface area contributed by atoms with E-state index in [9.17, 15) is 4.39 Å². The Labute approximate surface area is 97.1 Å². The van der Waals surface area contributed by atoms with Crippen molar-refractivity contribution in [3.8, 4) is 11.8 Å². The molecule has 0 fully saturated rings. The maximum absolute atomic E-state index is 13.2. The molecule has 0 saturated heterocycles. The number of hydrogen-bond donors (Lipinski definition) is 1. The quantitative estimate of drug-likeness (QED) is 0.767. The molecule has 0 bridgehead atoms. The van der Waals surface area contributed by atoms with Gasteiger partial charge in [-0.1, -0.05) is 13.0 Å². The largest absolute Gasteiger partial charge is 0.309 e. The van der Waals surface area contributed by atoms with Gasteiger partial charge in [-0.3, -0.25) is 0 Å². The second-order valence-electron chi connectivity index (χ2n) is 3.74. The molecule has 1 nitrogen and oxygen atoms in total. The molecule has 1 unspecified atom stereocenters. The fourth-order valence-electron chi connectivity index (χ4n) is 1.73. The van der Waals surface area contributed by atoms with Crippen LogP contribution in [0.5, 0.6) is 0 Å². The van der Waals surface area contributed by atoms with E-state index in [0.29, 0.717) is 6.42 Å². The molecule has 0 aliphatic heterocycles. The number of nitrogens with one attached hydrogen (secondary N) is 1. The molecule has 0 heterocycles. The highest BCUT2D eigenvalue weighted by molar-refractivity contribution is 5.30. The molecule has 0 amide bonds. The maximum atomic E-state index is 13.2. The Hall–Kier alpha value is -1.33. The fraction of sp³-hybridized carbons (Fsp3) is 0.429. The second-order valence-corrected chi connectivity index (χ2v) is 3.74. The van der Waals surface area contributed by atoms with Crippen molar-refractivity contribution in [1.29, 1.82) is 0 Å². The van der Waals surface area contributed by atoms with Crippen molar-refractivity contribution < 1.29 is 4.39 Å². The second kappa shape index (κ2) is 6.30. The van der Waals surface area contributed by atoms with Gasteiger partial charge in [0.1, 0.15) is 5.82 Å². The van der Waals surface area contributed by atoms with Crippen LogP contribution in [0, 0.1) is 24.6 Å². The molecule has 86 valence electrons. The van der Waals surface area contributed by atoms with Gasteiger partial charge in [0.05, 0.1) is 0 Å². The molecular weight excluding hydrogens is 201 g/mol. The van der Waals surface area contributed by atoms with E-state index in [1.807, 2.05) is 26.8 Å². The Bertz CT molecular complexity index is 401. The number of benzene rings is 1. The van der Waals surface area contributed by atoms with Gasteiger partial charge in [0.25, 0.3) is 0 Å². The van der Waals surface area contributed by atoms with Crippen molar-refractivity contribution in [3.63, 3.8) is 0 Å². The summed E-state index contributed by atoms with van der Waals surface area (Å²) >= 11 is 0. The average molecular weight is 219 g/mol. The molecule has 1 aromatic carbocycles. The lowest BCUT2D eigenvalue weighted by atomic mass is 9.98. The van der Waals surface area contributed by atoms with Crippen LogP contribution >= 0.6 is 0 Å². The minimum absolute atomic E-state index is 0.119. The Balaban J connectivity index is 2.97. The third-order valence-corrected chi connectivity index (χ3v) is 2.55. The maximum Gasteiger partial charge on any atom is 0.123 e. The van der Waals surface area contributed by atoms with Crippen molar-refractivity contribution in [3.05, 3.63) is 35.1 Å². The molecule has 1 rings (SSSR count). The first-order valence-electron chi connectivity index (χ1n) is 5.58. The van der Waals surface area contributed by atoms with Crippen molar-refractivity contribution in [1.82, 2.24) is 5.32 Å². The molecule has 2 heteroatoms. The predicted molar refractivity (Wildman–Crippen MR) is 65.6 cm³/mol. The lowest BCUT2D eigenvalue weighted by Crippen LogP contribution is -2.21. The number of rotatable bonds is 4. The van der Waals surface area contributed by atoms with Crippen LogP contribution in [0.3, 0.4) is 0 Å². The van der Waals surface area contributed by atoms with Gasteiger partial charge < -0.3 is 5.32 Å². The highest BCUT2D eigenvalue weighted by Gasteiger charge is 2.12. The molecule has 0 aromatic heterocycles. The molecular formula is C14H18FN. The molecule has 0 saturated carbocycles. The Morgan fingerprint density at radius 2 is 2.19 bits per heavy atom. The van der Waals surface area contributed by atoms with E-state index in [1.165, 1.54) is 6.07 Å². The van der Waals surface area contributed by atoms with Crippen LogP contribution < -0.4 is 5.32 Å². The van der Waals surface area contributed by atoms with E-state index in [1.54, 1.807) is 6.07 Å². The third-order valence-electron chi connectivity index (χ3n) is 2.55. The van der Waals surface area contributed by atoms with Crippen molar-refractivity contribution in [2.75, 3.05) is 6.54 Å². The van der Waals surface area contributed by atoms with Crippen molar-refractivity contribution in [2.45, 2.75) is 33.2 Å². The fourth-order valence-corrected chi connectivity index (χ4v) is 1.73. The van der Waals surface area contributed by atoms with Gasteiger partial charge >= 0.3 is 0 Å². The molecule has 0 aliphatic rings. The van der Waals surface area contributed by atoms with Crippen molar-refractivity contribution >= 4 is 0 Å². The van der Waals surface area contributed by atoms with Gasteiger partial charge in [-0.05, 0) is 43.7 Å². The summed E-state index contributed by atoms with van der Waals surface area (Å²) in [6, 6.07) is 5.02. The van der Waals surface area contributed by atoms with E-state index >= 15 is 0 Å². The summed E-state index contributed by atoms with van der Waals surface area (Å²) in [4.78, 5) is 0. The van der Waals surface area contributed by atoms with Crippen LogP contribution in [-0.2, 0) is 0 Å². The first kappa shape index (κ1) is 12.7. The highest BCUT2D eigenvalue weighted by atomic mass is 19.1. The van der Waals surface area contributed by atoms with Crippen LogP contribution in [0.1, 0.15) is 37.4 Å². The number of aryl methyl sites for hydroxylation is 1. The van der Waals surface area contributed by atoms with E-state index < -0.39 is 0 Å². The molecule has 0 spiro atoms. The Morgan fingerprint density at radius 3 is 2.81 bits per heavy atom. The van der Waals surface area contributed by atoms with Crippen LogP contribution in [0.15, 0.2) is 18.2 Å². The van der Waals surface area contributed by atoms with Crippen molar-refractivity contribution in [2.24, 2.45) is 0 Å². The van der Waals surface area contributed by atoms with Gasteiger partial charge in [0.2, 0.25) is 0 Å². The molecule has 0 aliphatic carbocycles. The lowest BCUT2D eigenvalue weighted by molar-refractivity contribution is 0.553. The Morgan fingerprint density at radius 1 is 1.44 bits per heavy atom. The van der Waals surface area contributed by atoms with Gasteiger partial charge in [0, 0.05) is 12.5 Å². The first-order valence-corrected chi connectivity index (χ1v) is 5.58. The third kappa shape index (κ3) is 3.36. The zero-order chi connectivity index (χ0) is 12.0. The van der Waals surface area contributed by atoms with E-state index in [-0.39, 0.29) is 11.9 Å². The first-order chi connectivity index (χ1) is 7.69. The molecule has 16 heavy (non-hydrogen) atoms. The van der Waals surface area contributed by atoms with E-state index in [4.69, 9.17) is 0 Å². The number of hydrogen-bond acceptors (Lipinski definition) is 1. The zero-order valence-electron chi connectivity index (χ0n) is 10.1. The summed E-state index contributed by atoms with van der Waals surface area (Å²) in [5, 5.41) is 3.33. The predicted octanol–water partition coefficient (Wildman–Crippen LogP) is 3.20. The van der Waals surface area contributed by atoms with Crippen LogP contribution in [-0.4, -0.2) is 6.54 Å². The van der Waals surface area contributed by atoms with Crippen LogP contribution in [0.2, 0.25) is 0 Å². The van der Waals surface area contributed by atoms with Gasteiger partial charge in [0.15, 0.2) is 0 Å². The zero-order valence-corrected chi connectivity index (χ0v) is 10.1. The molecule has 0 radical (unpaired) electrons. The van der Waals surface area contributed by atoms with Gasteiger partial charge in [-0.2, -0.15) is 0 Å².